The van der Waals surface area contributed by atoms with Gasteiger partial charge in [0.2, 0.25) is 17.7 Å². The number of aromatic nitrogens is 2. The third kappa shape index (κ3) is 9.65. The van der Waals surface area contributed by atoms with Crippen molar-refractivity contribution in [3.05, 3.63) is 71.5 Å². The van der Waals surface area contributed by atoms with Crippen molar-refractivity contribution in [1.82, 2.24) is 35.1 Å². The highest BCUT2D eigenvalue weighted by molar-refractivity contribution is 5.96. The van der Waals surface area contributed by atoms with E-state index in [0.29, 0.717) is 50.9 Å². The van der Waals surface area contributed by atoms with Crippen molar-refractivity contribution in [3.63, 3.8) is 0 Å². The van der Waals surface area contributed by atoms with Gasteiger partial charge in [-0.25, -0.2) is 5.43 Å². The minimum atomic E-state index is -1.15. The highest BCUT2D eigenvalue weighted by atomic mass is 16.5. The number of benzene rings is 2. The van der Waals surface area contributed by atoms with Crippen molar-refractivity contribution < 1.29 is 38.6 Å². The molecule has 342 valence electrons. The lowest BCUT2D eigenvalue weighted by Crippen LogP contribution is -2.62. The Kier molecular flexibility index (Phi) is 13.8. The Morgan fingerprint density at radius 1 is 1.08 bits per heavy atom. The van der Waals surface area contributed by atoms with Crippen molar-refractivity contribution >= 4 is 40.5 Å². The molecule has 0 aliphatic carbocycles. The summed E-state index contributed by atoms with van der Waals surface area (Å²) in [4.78, 5) is 76.7. The molecule has 2 fully saturated rings. The zero-order valence-corrected chi connectivity index (χ0v) is 38.4. The van der Waals surface area contributed by atoms with E-state index in [1.54, 1.807) is 37.4 Å². The summed E-state index contributed by atoms with van der Waals surface area (Å²) in [7, 11) is 3.25. The molecule has 0 saturated carbocycles. The Bertz CT molecular complexity index is 2430. The fourth-order valence-corrected chi connectivity index (χ4v) is 9.77. The van der Waals surface area contributed by atoms with Crippen LogP contribution >= 0.6 is 0 Å². The molecule has 2 aromatic carbocycles. The van der Waals surface area contributed by atoms with E-state index in [1.807, 2.05) is 32.0 Å². The van der Waals surface area contributed by atoms with Crippen LogP contribution < -0.4 is 10.7 Å². The summed E-state index contributed by atoms with van der Waals surface area (Å²) in [6.45, 7) is 13.6. The largest absolute Gasteiger partial charge is 0.508 e. The Hall–Kier alpha value is -5.80. The number of nitrogens with one attached hydrogen (secondary N) is 2. The number of amides is 4. The van der Waals surface area contributed by atoms with Gasteiger partial charge in [0.1, 0.15) is 23.9 Å². The van der Waals surface area contributed by atoms with E-state index >= 15 is 0 Å². The summed E-state index contributed by atoms with van der Waals surface area (Å²) >= 11 is 0. The molecule has 2 aromatic heterocycles. The normalized spacial score (nSPS) is 20.8. The molecule has 2 saturated heterocycles. The smallest absolute Gasteiger partial charge is 0.324 e. The Morgan fingerprint density at radius 2 is 1.86 bits per heavy atom. The van der Waals surface area contributed by atoms with Gasteiger partial charge in [-0.15, -0.1) is 0 Å². The molecule has 4 aromatic rings. The monoisotopic (exact) mass is 877 g/mol. The molecule has 3 aliphatic heterocycles. The maximum Gasteiger partial charge on any atom is 0.324 e. The van der Waals surface area contributed by atoms with Crippen LogP contribution in [0.2, 0.25) is 0 Å². The summed E-state index contributed by atoms with van der Waals surface area (Å²) < 4.78 is 14.0. The fraction of sp³-hybridized carbons (Fsp3) is 0.510. The molecule has 4 atom stereocenters. The first kappa shape index (κ1) is 46.2. The molecule has 64 heavy (non-hydrogen) atoms. The van der Waals surface area contributed by atoms with E-state index in [2.05, 4.69) is 54.3 Å². The van der Waals surface area contributed by atoms with Crippen molar-refractivity contribution in [2.24, 2.45) is 17.3 Å². The number of carbonyl (C=O) groups excluding carboxylic acids is 5. The Labute approximate surface area is 375 Å². The number of fused-ring (bicyclic) bond motifs is 6. The first-order chi connectivity index (χ1) is 30.5. The Balaban J connectivity index is 1.31. The first-order valence-electron chi connectivity index (χ1n) is 22.5. The van der Waals surface area contributed by atoms with Crippen LogP contribution in [0.3, 0.4) is 0 Å². The second kappa shape index (κ2) is 19.1. The number of hydrogen-bond acceptors (Lipinski definition) is 10. The summed E-state index contributed by atoms with van der Waals surface area (Å²) in [6, 6.07) is 12.5. The van der Waals surface area contributed by atoms with Crippen LogP contribution in [0.15, 0.2) is 54.7 Å². The van der Waals surface area contributed by atoms with Gasteiger partial charge in [-0.3, -0.25) is 34.0 Å². The third-order valence-electron chi connectivity index (χ3n) is 12.9. The van der Waals surface area contributed by atoms with Gasteiger partial charge < -0.3 is 34.3 Å². The third-order valence-corrected chi connectivity index (χ3v) is 12.9. The molecule has 3 N–H and O–H groups in total. The number of esters is 1. The average Bonchev–Trinajstić information content (AvgIpc) is 3.88. The van der Waals surface area contributed by atoms with Crippen LogP contribution in [0.5, 0.6) is 5.75 Å². The average molecular weight is 878 g/mol. The van der Waals surface area contributed by atoms with Gasteiger partial charge in [-0.2, -0.15) is 0 Å². The van der Waals surface area contributed by atoms with Crippen LogP contribution in [0, 0.1) is 17.3 Å². The number of likely N-dealkylation sites (tertiary alicyclic amines) is 1. The number of hydrogen-bond donors (Lipinski definition) is 3. The molecule has 3 aliphatic rings. The predicted molar refractivity (Wildman–Crippen MR) is 242 cm³/mol. The lowest BCUT2D eigenvalue weighted by Gasteiger charge is -2.37. The molecular formula is C49H63N7O8. The summed E-state index contributed by atoms with van der Waals surface area (Å²) in [6.07, 6.45) is 3.77. The number of nitrogens with zero attached hydrogens (tertiary/aromatic N) is 5. The Morgan fingerprint density at radius 3 is 2.56 bits per heavy atom. The van der Waals surface area contributed by atoms with Crippen LogP contribution in [-0.4, -0.2) is 118 Å². The lowest BCUT2D eigenvalue weighted by atomic mass is 9.84. The van der Waals surface area contributed by atoms with Gasteiger partial charge in [0.05, 0.1) is 30.5 Å². The van der Waals surface area contributed by atoms with Gasteiger partial charge >= 0.3 is 5.97 Å². The van der Waals surface area contributed by atoms with Crippen LogP contribution in [0.25, 0.3) is 33.3 Å². The molecular weight excluding hydrogens is 815 g/mol. The number of hydrazine groups is 1. The molecule has 0 radical (unpaired) electrons. The standard InChI is InChI=1S/C49H63N7O8/c1-9-55-42-15-14-32-24-37(42)38(44(55)36-12-10-17-50-41(36)27-63-8)25-49(5,6)28-64-48(62)39-13-11-18-56(52-39)47(61)40(22-31-20-34(32)23-35(58)21-31)51-45(59)43(29(2)3)53(7)46(60)33-16-19-54(26-33)30(4)57/h10,12,14-15,17,20-21,23-24,29,33,39-40,43,52,58H,9,11,13,16,18-19,22,25-28H2,1-8H3,(H,51,59)/t33-,39-,40-,43?/m0/s1. The van der Waals surface area contributed by atoms with Crippen molar-refractivity contribution in [2.75, 3.05) is 40.4 Å². The van der Waals surface area contributed by atoms with Crippen molar-refractivity contribution in [2.45, 2.75) is 105 Å². The zero-order chi connectivity index (χ0) is 46.0. The molecule has 15 heteroatoms. The minimum absolute atomic E-state index is 0.000728. The lowest BCUT2D eigenvalue weighted by molar-refractivity contribution is -0.155. The number of aromatic hydroxyl groups is 1. The minimum Gasteiger partial charge on any atom is -0.508 e. The number of ether oxygens (including phenoxy) is 2. The summed E-state index contributed by atoms with van der Waals surface area (Å²) in [5.74, 6) is -2.59. The summed E-state index contributed by atoms with van der Waals surface area (Å²) in [5, 5.41) is 16.7. The van der Waals surface area contributed by atoms with Gasteiger partial charge in [-0.05, 0) is 97.2 Å². The number of pyridine rings is 1. The highest BCUT2D eigenvalue weighted by Gasteiger charge is 2.40. The molecule has 4 amide bonds. The van der Waals surface area contributed by atoms with E-state index in [9.17, 15) is 29.1 Å². The van der Waals surface area contributed by atoms with Gasteiger partial charge in [0.15, 0.2) is 0 Å². The van der Waals surface area contributed by atoms with Gasteiger partial charge in [0, 0.05) is 81.8 Å². The quantitative estimate of drug-likeness (QED) is 0.189. The summed E-state index contributed by atoms with van der Waals surface area (Å²) in [5.41, 5.74) is 9.57. The van der Waals surface area contributed by atoms with E-state index in [0.717, 1.165) is 44.5 Å². The number of phenols is 1. The van der Waals surface area contributed by atoms with Gasteiger partial charge in [-0.1, -0.05) is 39.8 Å². The molecule has 1 unspecified atom stereocenters. The van der Waals surface area contributed by atoms with E-state index in [-0.39, 0.29) is 49.6 Å². The number of rotatable bonds is 9. The highest BCUT2D eigenvalue weighted by Crippen LogP contribution is 2.41. The predicted octanol–water partition coefficient (Wildman–Crippen LogP) is 5.24. The SMILES string of the molecule is CCn1c(-c2cccnc2COC)c2c3cc(ccc31)-c1cc(O)cc(c1)C[C@H](NC(=O)C(C(C)C)N(C)C(=O)[C@H]1CCN(C(C)=O)C1)C(=O)N1CCC[C@H](N1)C(=O)OCC(C)(C)C2. The number of likely N-dealkylation sites (N-methyl/N-ethyl adjacent to an activating group) is 1. The zero-order valence-electron chi connectivity index (χ0n) is 38.4. The molecule has 0 spiro atoms. The second-order valence-corrected chi connectivity index (χ2v) is 18.7. The van der Waals surface area contributed by atoms with Crippen molar-refractivity contribution in [1.29, 1.82) is 0 Å². The number of aryl methyl sites for hydroxylation is 1. The molecule has 7 rings (SSSR count). The van der Waals surface area contributed by atoms with Gasteiger partial charge in [0.25, 0.3) is 5.91 Å². The maximum absolute atomic E-state index is 14.7. The van der Waals surface area contributed by atoms with E-state index < -0.39 is 47.2 Å². The van der Waals surface area contributed by atoms with E-state index in [1.165, 1.54) is 16.8 Å². The number of phenolic OH excluding ortho intramolecular Hbond substituents is 1. The second-order valence-electron chi connectivity index (χ2n) is 18.7. The molecule has 5 heterocycles. The fourth-order valence-electron chi connectivity index (χ4n) is 9.77. The number of cyclic esters (lactones) is 1. The first-order valence-corrected chi connectivity index (χ1v) is 22.5. The van der Waals surface area contributed by atoms with Crippen LogP contribution in [-0.2, 0) is 59.4 Å². The molecule has 15 nitrogen and oxygen atoms in total. The van der Waals surface area contributed by atoms with Crippen molar-refractivity contribution in [3.8, 4) is 28.1 Å². The number of methoxy groups -OCH3 is 1. The van der Waals surface area contributed by atoms with Crippen LogP contribution in [0.4, 0.5) is 0 Å². The van der Waals surface area contributed by atoms with Crippen LogP contribution in [0.1, 0.15) is 77.6 Å². The molecule has 6 bridgehead atoms. The topological polar surface area (TPSA) is 176 Å². The van der Waals surface area contributed by atoms with E-state index in [4.69, 9.17) is 14.5 Å². The maximum atomic E-state index is 14.7. The number of carbonyl (C=O) groups is 5.